The maximum atomic E-state index is 12.3. The van der Waals surface area contributed by atoms with Crippen LogP contribution in [0.1, 0.15) is 44.0 Å². The van der Waals surface area contributed by atoms with Crippen LogP contribution in [0.3, 0.4) is 0 Å². The average Bonchev–Trinajstić information content (AvgIpc) is 2.46. The fraction of sp³-hybridized carbons (Fsp3) is 0.562. The van der Waals surface area contributed by atoms with Gasteiger partial charge in [-0.15, -0.1) is 0 Å². The molecule has 1 aromatic rings. The van der Waals surface area contributed by atoms with Gasteiger partial charge < -0.3 is 15.0 Å². The molecule has 0 aromatic carbocycles. The summed E-state index contributed by atoms with van der Waals surface area (Å²) in [6, 6.07) is 3.48. The van der Waals surface area contributed by atoms with Gasteiger partial charge in [0, 0.05) is 37.1 Å². The van der Waals surface area contributed by atoms with Crippen LogP contribution in [0.15, 0.2) is 24.5 Å². The fourth-order valence-electron chi connectivity index (χ4n) is 2.38. The van der Waals surface area contributed by atoms with Crippen LogP contribution in [0, 0.1) is 0 Å². The Morgan fingerprint density at radius 1 is 1.23 bits per heavy atom. The summed E-state index contributed by atoms with van der Waals surface area (Å²) in [4.78, 5) is 29.8. The molecule has 6 nitrogen and oxygen atoms in total. The van der Waals surface area contributed by atoms with Gasteiger partial charge in [-0.05, 0) is 45.7 Å². The number of amides is 2. The molecule has 2 heterocycles. The van der Waals surface area contributed by atoms with Crippen molar-refractivity contribution in [3.63, 3.8) is 0 Å². The number of hydrogen-bond acceptors (Lipinski definition) is 4. The van der Waals surface area contributed by atoms with E-state index in [4.69, 9.17) is 4.74 Å². The summed E-state index contributed by atoms with van der Waals surface area (Å²) in [6.45, 7) is 6.76. The van der Waals surface area contributed by atoms with Crippen LogP contribution in [0.25, 0.3) is 0 Å². The Morgan fingerprint density at radius 2 is 1.82 bits per heavy atom. The summed E-state index contributed by atoms with van der Waals surface area (Å²) < 4.78 is 5.25. The van der Waals surface area contributed by atoms with Gasteiger partial charge in [0.1, 0.15) is 5.60 Å². The van der Waals surface area contributed by atoms with E-state index in [1.54, 1.807) is 24.5 Å². The predicted molar refractivity (Wildman–Crippen MR) is 82.5 cm³/mol. The molecular formula is C16H23N3O3. The van der Waals surface area contributed by atoms with Crippen molar-refractivity contribution < 1.29 is 14.3 Å². The van der Waals surface area contributed by atoms with E-state index in [1.165, 1.54) is 0 Å². The molecule has 1 aliphatic heterocycles. The van der Waals surface area contributed by atoms with Gasteiger partial charge in [0.05, 0.1) is 0 Å². The summed E-state index contributed by atoms with van der Waals surface area (Å²) >= 11 is 0. The topological polar surface area (TPSA) is 71.5 Å². The van der Waals surface area contributed by atoms with Crippen molar-refractivity contribution in [2.75, 3.05) is 13.1 Å². The minimum absolute atomic E-state index is 0.0121. The molecule has 1 fully saturated rings. The quantitative estimate of drug-likeness (QED) is 0.909. The van der Waals surface area contributed by atoms with Gasteiger partial charge >= 0.3 is 6.09 Å². The van der Waals surface area contributed by atoms with Gasteiger partial charge in [-0.3, -0.25) is 9.78 Å². The third-order valence-corrected chi connectivity index (χ3v) is 3.43. The Labute approximate surface area is 130 Å². The first-order chi connectivity index (χ1) is 10.3. The van der Waals surface area contributed by atoms with Gasteiger partial charge in [-0.1, -0.05) is 0 Å². The molecule has 1 N–H and O–H groups in total. The van der Waals surface area contributed by atoms with Crippen LogP contribution in [0.4, 0.5) is 4.79 Å². The minimum atomic E-state index is -0.498. The Hall–Kier alpha value is -2.11. The smallest absolute Gasteiger partial charge is 0.407 e. The molecule has 0 radical (unpaired) electrons. The second kappa shape index (κ2) is 6.77. The zero-order valence-corrected chi connectivity index (χ0v) is 13.3. The number of hydrogen-bond donors (Lipinski definition) is 1. The molecule has 2 amide bonds. The van der Waals surface area contributed by atoms with E-state index in [0.29, 0.717) is 18.7 Å². The third-order valence-electron chi connectivity index (χ3n) is 3.43. The van der Waals surface area contributed by atoms with Gasteiger partial charge in [-0.25, -0.2) is 4.79 Å². The molecular weight excluding hydrogens is 282 g/mol. The molecule has 0 aliphatic carbocycles. The van der Waals surface area contributed by atoms with Crippen LogP contribution in [-0.4, -0.2) is 46.6 Å². The number of alkyl carbamates (subject to hydrolysis) is 1. The lowest BCUT2D eigenvalue weighted by atomic mass is 10.0. The van der Waals surface area contributed by atoms with E-state index in [9.17, 15) is 9.59 Å². The van der Waals surface area contributed by atoms with Crippen molar-refractivity contribution in [3.05, 3.63) is 30.1 Å². The minimum Gasteiger partial charge on any atom is -0.444 e. The van der Waals surface area contributed by atoms with Crippen LogP contribution in [-0.2, 0) is 4.74 Å². The number of nitrogens with zero attached hydrogens (tertiary/aromatic N) is 2. The fourth-order valence-corrected chi connectivity index (χ4v) is 2.38. The summed E-state index contributed by atoms with van der Waals surface area (Å²) in [5.41, 5.74) is 0.149. The zero-order valence-electron chi connectivity index (χ0n) is 13.3. The SMILES string of the molecule is CC(C)(C)OC(=O)NC1CCN(C(=O)c2ccncc2)CC1. The van der Waals surface area contributed by atoms with Crippen LogP contribution < -0.4 is 5.32 Å². The lowest BCUT2D eigenvalue weighted by Crippen LogP contribution is -2.47. The Morgan fingerprint density at radius 3 is 2.36 bits per heavy atom. The van der Waals surface area contributed by atoms with Crippen molar-refractivity contribution in [1.29, 1.82) is 0 Å². The largest absolute Gasteiger partial charge is 0.444 e. The number of likely N-dealkylation sites (tertiary alicyclic amines) is 1. The third kappa shape index (κ3) is 4.72. The van der Waals surface area contributed by atoms with Crippen molar-refractivity contribution in [1.82, 2.24) is 15.2 Å². The first-order valence-electron chi connectivity index (χ1n) is 7.54. The van der Waals surface area contributed by atoms with E-state index in [0.717, 1.165) is 12.8 Å². The van der Waals surface area contributed by atoms with Crippen LogP contribution >= 0.6 is 0 Å². The van der Waals surface area contributed by atoms with E-state index < -0.39 is 11.7 Å². The normalized spacial score (nSPS) is 16.2. The molecule has 1 aromatic heterocycles. The number of piperidine rings is 1. The first kappa shape index (κ1) is 16.3. The second-order valence-corrected chi connectivity index (χ2v) is 6.45. The lowest BCUT2D eigenvalue weighted by Gasteiger charge is -2.32. The van der Waals surface area contributed by atoms with Crippen LogP contribution in [0.5, 0.6) is 0 Å². The number of pyridine rings is 1. The van der Waals surface area contributed by atoms with Crippen molar-refractivity contribution >= 4 is 12.0 Å². The van der Waals surface area contributed by atoms with Gasteiger partial charge in [0.15, 0.2) is 0 Å². The molecule has 1 aliphatic rings. The lowest BCUT2D eigenvalue weighted by molar-refractivity contribution is 0.0473. The molecule has 0 spiro atoms. The molecule has 1 saturated heterocycles. The van der Waals surface area contributed by atoms with E-state index >= 15 is 0 Å². The molecule has 0 atom stereocenters. The molecule has 6 heteroatoms. The molecule has 0 unspecified atom stereocenters. The standard InChI is InChI=1S/C16H23N3O3/c1-16(2,3)22-15(21)18-13-6-10-19(11-7-13)14(20)12-4-8-17-9-5-12/h4-5,8-9,13H,6-7,10-11H2,1-3H3,(H,18,21). The highest BCUT2D eigenvalue weighted by Gasteiger charge is 2.26. The molecule has 0 saturated carbocycles. The first-order valence-corrected chi connectivity index (χ1v) is 7.54. The molecule has 120 valence electrons. The zero-order chi connectivity index (χ0) is 16.2. The highest BCUT2D eigenvalue weighted by atomic mass is 16.6. The van der Waals surface area contributed by atoms with Crippen molar-refractivity contribution in [2.24, 2.45) is 0 Å². The maximum absolute atomic E-state index is 12.3. The molecule has 0 bridgehead atoms. The highest BCUT2D eigenvalue weighted by molar-refractivity contribution is 5.94. The van der Waals surface area contributed by atoms with E-state index in [-0.39, 0.29) is 11.9 Å². The second-order valence-electron chi connectivity index (χ2n) is 6.45. The number of aromatic nitrogens is 1. The summed E-state index contributed by atoms with van der Waals surface area (Å²) in [5.74, 6) is 0.0121. The summed E-state index contributed by atoms with van der Waals surface area (Å²) in [5, 5.41) is 2.87. The Bertz CT molecular complexity index is 517. The number of rotatable bonds is 2. The van der Waals surface area contributed by atoms with Crippen molar-refractivity contribution in [3.8, 4) is 0 Å². The number of carbonyl (C=O) groups excluding carboxylic acids is 2. The van der Waals surface area contributed by atoms with Gasteiger partial charge in [0.25, 0.3) is 5.91 Å². The predicted octanol–water partition coefficient (Wildman–Crippen LogP) is 2.21. The Balaban J connectivity index is 1.81. The number of carbonyl (C=O) groups is 2. The highest BCUT2D eigenvalue weighted by Crippen LogP contribution is 2.15. The molecule has 22 heavy (non-hydrogen) atoms. The van der Waals surface area contributed by atoms with Gasteiger partial charge in [0.2, 0.25) is 0 Å². The average molecular weight is 305 g/mol. The maximum Gasteiger partial charge on any atom is 0.407 e. The summed E-state index contributed by atoms with van der Waals surface area (Å²) in [7, 11) is 0. The van der Waals surface area contributed by atoms with E-state index in [2.05, 4.69) is 10.3 Å². The monoisotopic (exact) mass is 305 g/mol. The van der Waals surface area contributed by atoms with Gasteiger partial charge in [-0.2, -0.15) is 0 Å². The van der Waals surface area contributed by atoms with Crippen molar-refractivity contribution in [2.45, 2.75) is 45.3 Å². The Kier molecular flexibility index (Phi) is 5.00. The molecule has 2 rings (SSSR count). The number of ether oxygens (including phenoxy) is 1. The number of nitrogens with one attached hydrogen (secondary N) is 1. The summed E-state index contributed by atoms with van der Waals surface area (Å²) in [6.07, 6.45) is 4.30. The van der Waals surface area contributed by atoms with Crippen LogP contribution in [0.2, 0.25) is 0 Å². The van der Waals surface area contributed by atoms with E-state index in [1.807, 2.05) is 25.7 Å².